The Labute approximate surface area is 216 Å². The molecule has 0 N–H and O–H groups in total. The van der Waals surface area contributed by atoms with Crippen LogP contribution >= 0.6 is 0 Å². The molecule has 4 rings (SSSR count). The van der Waals surface area contributed by atoms with E-state index in [1.807, 2.05) is 31.2 Å². The van der Waals surface area contributed by atoms with Crippen molar-refractivity contribution < 1.29 is 14.2 Å². The zero-order valence-electron chi connectivity index (χ0n) is 21.8. The smallest absolute Gasteiger partial charge is 0.217 e. The van der Waals surface area contributed by atoms with Crippen LogP contribution in [0.5, 0.6) is 11.6 Å². The van der Waals surface area contributed by atoms with Gasteiger partial charge >= 0.3 is 0 Å². The van der Waals surface area contributed by atoms with Crippen molar-refractivity contribution in [3.05, 3.63) is 95.2 Å². The summed E-state index contributed by atoms with van der Waals surface area (Å²) >= 11 is 0. The highest BCUT2D eigenvalue weighted by Gasteiger charge is 2.19. The molecular formula is C32H39NO3. The molecule has 0 radical (unpaired) electrons. The van der Waals surface area contributed by atoms with Crippen LogP contribution in [0.2, 0.25) is 0 Å². The Kier molecular flexibility index (Phi) is 9.57. The van der Waals surface area contributed by atoms with Gasteiger partial charge in [-0.3, -0.25) is 0 Å². The normalized spacial score (nSPS) is 15.4. The lowest BCUT2D eigenvalue weighted by Crippen LogP contribution is -2.26. The molecule has 4 heteroatoms. The van der Waals surface area contributed by atoms with Gasteiger partial charge in [-0.15, -0.1) is 0 Å². The fourth-order valence-corrected chi connectivity index (χ4v) is 4.65. The van der Waals surface area contributed by atoms with E-state index in [2.05, 4.69) is 49.9 Å². The van der Waals surface area contributed by atoms with E-state index in [4.69, 9.17) is 19.2 Å². The largest absolute Gasteiger partial charge is 0.488 e. The number of ether oxygens (including phenoxy) is 3. The number of aromatic nitrogens is 1. The zero-order chi connectivity index (χ0) is 25.2. The Morgan fingerprint density at radius 2 is 1.69 bits per heavy atom. The molecule has 1 unspecified atom stereocenters. The first-order valence-corrected chi connectivity index (χ1v) is 13.3. The van der Waals surface area contributed by atoms with Crippen LogP contribution in [0.4, 0.5) is 0 Å². The highest BCUT2D eigenvalue weighted by atomic mass is 16.5. The third-order valence-corrected chi connectivity index (χ3v) is 6.60. The summed E-state index contributed by atoms with van der Waals surface area (Å²) in [6, 6.07) is 21.1. The van der Waals surface area contributed by atoms with Crippen LogP contribution in [0.1, 0.15) is 67.5 Å². The van der Waals surface area contributed by atoms with Crippen molar-refractivity contribution in [2.45, 2.75) is 71.5 Å². The molecule has 0 saturated carbocycles. The second-order valence-electron chi connectivity index (χ2n) is 9.70. The van der Waals surface area contributed by atoms with Gasteiger partial charge in [-0.05, 0) is 67.7 Å². The van der Waals surface area contributed by atoms with E-state index in [9.17, 15) is 0 Å². The quantitative estimate of drug-likeness (QED) is 0.268. The van der Waals surface area contributed by atoms with E-state index >= 15 is 0 Å². The highest BCUT2D eigenvalue weighted by Crippen LogP contribution is 2.33. The fraction of sp³-hybridized carbons (Fsp3) is 0.406. The maximum atomic E-state index is 6.34. The molecule has 3 aromatic rings. The number of hydrogen-bond donors (Lipinski definition) is 0. The first-order valence-electron chi connectivity index (χ1n) is 13.3. The Balaban J connectivity index is 1.56. The van der Waals surface area contributed by atoms with Crippen LogP contribution in [0.15, 0.2) is 67.2 Å². The third-order valence-electron chi connectivity index (χ3n) is 6.60. The van der Waals surface area contributed by atoms with Crippen molar-refractivity contribution in [2.24, 2.45) is 0 Å². The van der Waals surface area contributed by atoms with Gasteiger partial charge in [0.25, 0.3) is 0 Å². The van der Waals surface area contributed by atoms with Crippen molar-refractivity contribution in [1.29, 1.82) is 0 Å². The number of pyridine rings is 1. The van der Waals surface area contributed by atoms with Crippen LogP contribution in [0, 0.1) is 0 Å². The number of nitrogens with zero attached hydrogens (tertiary/aromatic N) is 1. The molecule has 36 heavy (non-hydrogen) atoms. The Morgan fingerprint density at radius 1 is 0.944 bits per heavy atom. The molecule has 1 fully saturated rings. The maximum Gasteiger partial charge on any atom is 0.217 e. The molecule has 190 valence electrons. The Bertz CT molecular complexity index is 1100. The number of rotatable bonds is 12. The van der Waals surface area contributed by atoms with E-state index in [-0.39, 0.29) is 6.10 Å². The average Bonchev–Trinajstić information content (AvgIpc) is 2.91. The monoisotopic (exact) mass is 485 g/mol. The minimum absolute atomic E-state index is 0.125. The minimum atomic E-state index is 0.125. The lowest BCUT2D eigenvalue weighted by atomic mass is 9.99. The third kappa shape index (κ3) is 7.44. The van der Waals surface area contributed by atoms with Gasteiger partial charge in [-0.1, -0.05) is 74.5 Å². The second kappa shape index (κ2) is 13.3. The molecule has 2 aromatic carbocycles. The SMILES string of the molecule is C=C(C)c1c(OCc2ccccc2)cc(OCC2CCCCO2)nc1CCc1ccc(CCC)cc1. The van der Waals surface area contributed by atoms with Crippen LogP contribution in [-0.2, 0) is 30.6 Å². The molecular weight excluding hydrogens is 446 g/mol. The molecule has 0 amide bonds. The fourth-order valence-electron chi connectivity index (χ4n) is 4.65. The number of allylic oxidation sites excluding steroid dienone is 1. The van der Waals surface area contributed by atoms with Gasteiger partial charge in [-0.2, -0.15) is 0 Å². The van der Waals surface area contributed by atoms with E-state index in [0.717, 1.165) is 73.3 Å². The molecule has 0 spiro atoms. The van der Waals surface area contributed by atoms with Gasteiger partial charge in [-0.25, -0.2) is 4.98 Å². The van der Waals surface area contributed by atoms with Crippen molar-refractivity contribution in [3.8, 4) is 11.6 Å². The summed E-state index contributed by atoms with van der Waals surface area (Å²) in [5.74, 6) is 1.36. The van der Waals surface area contributed by atoms with Crippen LogP contribution in [0.25, 0.3) is 5.57 Å². The van der Waals surface area contributed by atoms with Gasteiger partial charge < -0.3 is 14.2 Å². The number of aryl methyl sites for hydroxylation is 3. The Hall–Kier alpha value is -3.11. The standard InChI is InChI=1S/C32H39NO3/c1-4-10-25-14-16-26(17-15-25)18-19-29-32(24(2)3)30(35-22-27-11-6-5-7-12-27)21-31(33-29)36-23-28-13-8-9-20-34-28/h5-7,11-12,14-17,21,28H,2,4,8-10,13,18-20,22-23H2,1,3H3. The summed E-state index contributed by atoms with van der Waals surface area (Å²) in [4.78, 5) is 4.94. The van der Waals surface area contributed by atoms with E-state index in [1.165, 1.54) is 17.5 Å². The summed E-state index contributed by atoms with van der Waals surface area (Å²) < 4.78 is 18.4. The van der Waals surface area contributed by atoms with E-state index in [1.54, 1.807) is 0 Å². The van der Waals surface area contributed by atoms with E-state index < -0.39 is 0 Å². The zero-order valence-corrected chi connectivity index (χ0v) is 21.8. The molecule has 1 atom stereocenters. The molecule has 2 heterocycles. The van der Waals surface area contributed by atoms with Gasteiger partial charge in [0, 0.05) is 18.2 Å². The summed E-state index contributed by atoms with van der Waals surface area (Å²) in [5, 5.41) is 0. The highest BCUT2D eigenvalue weighted by molar-refractivity contribution is 5.70. The van der Waals surface area contributed by atoms with Crippen LogP contribution in [-0.4, -0.2) is 24.3 Å². The summed E-state index contributed by atoms with van der Waals surface area (Å²) in [6.45, 7) is 10.3. The number of hydrogen-bond acceptors (Lipinski definition) is 4. The summed E-state index contributed by atoms with van der Waals surface area (Å²) in [7, 11) is 0. The minimum Gasteiger partial charge on any atom is -0.488 e. The predicted molar refractivity (Wildman–Crippen MR) is 147 cm³/mol. The van der Waals surface area contributed by atoms with Crippen molar-refractivity contribution in [1.82, 2.24) is 4.98 Å². The van der Waals surface area contributed by atoms with Crippen LogP contribution in [0.3, 0.4) is 0 Å². The predicted octanol–water partition coefficient (Wildman–Crippen LogP) is 7.38. The molecule has 1 saturated heterocycles. The van der Waals surface area contributed by atoms with Crippen molar-refractivity contribution in [3.63, 3.8) is 0 Å². The topological polar surface area (TPSA) is 40.6 Å². The number of benzene rings is 2. The summed E-state index contributed by atoms with van der Waals surface area (Å²) in [5.41, 5.74) is 6.70. The first kappa shape index (κ1) is 26.0. The first-order chi connectivity index (χ1) is 17.6. The van der Waals surface area contributed by atoms with Gasteiger partial charge in [0.1, 0.15) is 19.0 Å². The molecule has 1 aromatic heterocycles. The lowest BCUT2D eigenvalue weighted by Gasteiger charge is -2.23. The molecule has 0 aliphatic carbocycles. The van der Waals surface area contributed by atoms with Gasteiger partial charge in [0.05, 0.1) is 11.8 Å². The molecule has 1 aliphatic rings. The molecule has 4 nitrogen and oxygen atoms in total. The molecule has 1 aliphatic heterocycles. The summed E-state index contributed by atoms with van der Waals surface area (Å²) in [6.07, 6.45) is 7.43. The van der Waals surface area contributed by atoms with E-state index in [0.29, 0.717) is 19.1 Å². The van der Waals surface area contributed by atoms with Crippen molar-refractivity contribution >= 4 is 5.57 Å². The molecule has 0 bridgehead atoms. The van der Waals surface area contributed by atoms with Gasteiger partial charge in [0.2, 0.25) is 5.88 Å². The maximum absolute atomic E-state index is 6.34. The Morgan fingerprint density at radius 3 is 2.36 bits per heavy atom. The van der Waals surface area contributed by atoms with Gasteiger partial charge in [0.15, 0.2) is 0 Å². The van der Waals surface area contributed by atoms with Crippen molar-refractivity contribution in [2.75, 3.05) is 13.2 Å². The van der Waals surface area contributed by atoms with Crippen LogP contribution < -0.4 is 9.47 Å². The second-order valence-corrected chi connectivity index (χ2v) is 9.70. The average molecular weight is 486 g/mol. The lowest BCUT2D eigenvalue weighted by molar-refractivity contribution is -0.0120.